The number of pyridine rings is 1. The Labute approximate surface area is 115 Å². The highest BCUT2D eigenvalue weighted by molar-refractivity contribution is 5.51. The molecular weight excluding hydrogens is 260 g/mol. The number of benzene rings is 1. The largest absolute Gasteiger partial charge is 0.457 e. The molecule has 7 heteroatoms. The molecular formula is C13H14N4O3. The summed E-state index contributed by atoms with van der Waals surface area (Å²) in [7, 11) is 0. The standard InChI is InChI=1S/C13H14N4O3/c1-8-6-12(9(2)5-11(8)17(18)19)20-10-3-4-15-13(7-10)16-14/h3-7H,14H2,1-2H3,(H,15,16). The Morgan fingerprint density at radius 1 is 1.30 bits per heavy atom. The number of nitrogens with one attached hydrogen (secondary N) is 1. The predicted octanol–water partition coefficient (Wildman–Crippen LogP) is 2.68. The molecule has 0 saturated carbocycles. The average molecular weight is 274 g/mol. The highest BCUT2D eigenvalue weighted by Gasteiger charge is 2.14. The van der Waals surface area contributed by atoms with Crippen molar-refractivity contribution in [2.24, 2.45) is 5.84 Å². The maximum atomic E-state index is 10.9. The third kappa shape index (κ3) is 2.83. The van der Waals surface area contributed by atoms with E-state index in [-0.39, 0.29) is 5.69 Å². The topological polar surface area (TPSA) is 103 Å². The number of aromatic nitrogens is 1. The van der Waals surface area contributed by atoms with Gasteiger partial charge in [0.05, 0.1) is 4.92 Å². The van der Waals surface area contributed by atoms with Crippen LogP contribution in [0.2, 0.25) is 0 Å². The smallest absolute Gasteiger partial charge is 0.272 e. The first kappa shape index (κ1) is 13.8. The highest BCUT2D eigenvalue weighted by atomic mass is 16.6. The van der Waals surface area contributed by atoms with Gasteiger partial charge in [-0.15, -0.1) is 0 Å². The first-order chi connectivity index (χ1) is 9.51. The molecule has 0 aliphatic rings. The van der Waals surface area contributed by atoms with Crippen LogP contribution in [-0.4, -0.2) is 9.91 Å². The van der Waals surface area contributed by atoms with Crippen LogP contribution >= 0.6 is 0 Å². The molecule has 0 unspecified atom stereocenters. The normalized spacial score (nSPS) is 10.2. The molecule has 104 valence electrons. The summed E-state index contributed by atoms with van der Waals surface area (Å²) < 4.78 is 5.71. The minimum atomic E-state index is -0.408. The average Bonchev–Trinajstić information content (AvgIpc) is 2.42. The Kier molecular flexibility index (Phi) is 3.81. The fourth-order valence-corrected chi connectivity index (χ4v) is 1.76. The third-order valence-corrected chi connectivity index (χ3v) is 2.80. The van der Waals surface area contributed by atoms with Gasteiger partial charge in [0.15, 0.2) is 0 Å². The molecule has 0 saturated heterocycles. The molecule has 1 heterocycles. The molecule has 2 aromatic rings. The molecule has 0 spiro atoms. The van der Waals surface area contributed by atoms with Crippen LogP contribution < -0.4 is 16.0 Å². The highest BCUT2D eigenvalue weighted by Crippen LogP contribution is 2.31. The molecule has 1 aromatic carbocycles. The van der Waals surface area contributed by atoms with E-state index in [0.29, 0.717) is 28.4 Å². The van der Waals surface area contributed by atoms with Crippen molar-refractivity contribution >= 4 is 11.5 Å². The van der Waals surface area contributed by atoms with Crippen molar-refractivity contribution in [2.45, 2.75) is 13.8 Å². The van der Waals surface area contributed by atoms with Crippen LogP contribution in [0.15, 0.2) is 30.5 Å². The Balaban J connectivity index is 2.34. The minimum absolute atomic E-state index is 0.0777. The zero-order valence-electron chi connectivity index (χ0n) is 11.1. The van der Waals surface area contributed by atoms with Gasteiger partial charge < -0.3 is 10.2 Å². The number of rotatable bonds is 4. The Bertz CT molecular complexity index is 658. The molecule has 20 heavy (non-hydrogen) atoms. The quantitative estimate of drug-likeness (QED) is 0.504. The van der Waals surface area contributed by atoms with Gasteiger partial charge in [0, 0.05) is 23.9 Å². The summed E-state index contributed by atoms with van der Waals surface area (Å²) in [5.74, 6) is 6.85. The van der Waals surface area contributed by atoms with Gasteiger partial charge >= 0.3 is 0 Å². The van der Waals surface area contributed by atoms with E-state index in [2.05, 4.69) is 10.4 Å². The number of nitrogens with zero attached hydrogens (tertiary/aromatic N) is 2. The first-order valence-electron chi connectivity index (χ1n) is 5.87. The van der Waals surface area contributed by atoms with Crippen LogP contribution in [-0.2, 0) is 0 Å². The lowest BCUT2D eigenvalue weighted by atomic mass is 10.1. The summed E-state index contributed by atoms with van der Waals surface area (Å²) in [6.07, 6.45) is 1.55. The van der Waals surface area contributed by atoms with Crippen molar-refractivity contribution < 1.29 is 9.66 Å². The molecule has 2 rings (SSSR count). The van der Waals surface area contributed by atoms with Gasteiger partial charge in [-0.05, 0) is 31.5 Å². The van der Waals surface area contributed by atoms with Crippen LogP contribution in [0.25, 0.3) is 0 Å². The summed E-state index contributed by atoms with van der Waals surface area (Å²) in [5, 5.41) is 10.9. The zero-order chi connectivity index (χ0) is 14.7. The second-order valence-electron chi connectivity index (χ2n) is 4.28. The van der Waals surface area contributed by atoms with Crippen LogP contribution in [0.4, 0.5) is 11.5 Å². The summed E-state index contributed by atoms with van der Waals surface area (Å²) in [6, 6.07) is 6.45. The SMILES string of the molecule is Cc1cc([N+](=O)[O-])c(C)cc1Oc1ccnc(NN)c1. The van der Waals surface area contributed by atoms with Gasteiger partial charge in [-0.25, -0.2) is 10.8 Å². The van der Waals surface area contributed by atoms with Gasteiger partial charge in [-0.2, -0.15) is 0 Å². The molecule has 0 bridgehead atoms. The van der Waals surface area contributed by atoms with E-state index < -0.39 is 4.92 Å². The molecule has 7 nitrogen and oxygen atoms in total. The van der Waals surface area contributed by atoms with E-state index in [1.54, 1.807) is 38.2 Å². The molecule has 0 amide bonds. The Morgan fingerprint density at radius 2 is 2.05 bits per heavy atom. The fraction of sp³-hybridized carbons (Fsp3) is 0.154. The number of nitrogen functional groups attached to an aromatic ring is 1. The number of nitro benzene ring substituents is 1. The lowest BCUT2D eigenvalue weighted by Gasteiger charge is -2.10. The monoisotopic (exact) mass is 274 g/mol. The Hall–Kier alpha value is -2.67. The number of hydrogen-bond donors (Lipinski definition) is 2. The van der Waals surface area contributed by atoms with Crippen molar-refractivity contribution in [3.8, 4) is 11.5 Å². The van der Waals surface area contributed by atoms with E-state index in [4.69, 9.17) is 10.6 Å². The summed E-state index contributed by atoms with van der Waals surface area (Å²) in [5.41, 5.74) is 3.73. The lowest BCUT2D eigenvalue weighted by Crippen LogP contribution is -2.08. The van der Waals surface area contributed by atoms with Gasteiger partial charge in [0.2, 0.25) is 0 Å². The van der Waals surface area contributed by atoms with Crippen LogP contribution in [0.3, 0.4) is 0 Å². The molecule has 0 aliphatic carbocycles. The van der Waals surface area contributed by atoms with Gasteiger partial charge in [-0.3, -0.25) is 10.1 Å². The number of ether oxygens (including phenoxy) is 1. The fourth-order valence-electron chi connectivity index (χ4n) is 1.76. The van der Waals surface area contributed by atoms with E-state index in [9.17, 15) is 10.1 Å². The van der Waals surface area contributed by atoms with Gasteiger partial charge in [-0.1, -0.05) is 0 Å². The van der Waals surface area contributed by atoms with Gasteiger partial charge in [0.25, 0.3) is 5.69 Å². The van der Waals surface area contributed by atoms with Crippen molar-refractivity contribution in [3.63, 3.8) is 0 Å². The number of nitrogens with two attached hydrogens (primary N) is 1. The number of anilines is 1. The maximum Gasteiger partial charge on any atom is 0.272 e. The first-order valence-corrected chi connectivity index (χ1v) is 5.87. The molecule has 0 aliphatic heterocycles. The number of hydrogen-bond acceptors (Lipinski definition) is 6. The van der Waals surface area contributed by atoms with Crippen molar-refractivity contribution in [1.82, 2.24) is 4.98 Å². The summed E-state index contributed by atoms with van der Waals surface area (Å²) in [4.78, 5) is 14.4. The molecule has 0 radical (unpaired) electrons. The third-order valence-electron chi connectivity index (χ3n) is 2.80. The summed E-state index contributed by atoms with van der Waals surface area (Å²) in [6.45, 7) is 3.43. The van der Waals surface area contributed by atoms with E-state index in [1.165, 1.54) is 6.07 Å². The molecule has 0 atom stereocenters. The van der Waals surface area contributed by atoms with Crippen LogP contribution in [0, 0.1) is 24.0 Å². The second-order valence-corrected chi connectivity index (χ2v) is 4.28. The van der Waals surface area contributed by atoms with Crippen LogP contribution in [0.5, 0.6) is 11.5 Å². The van der Waals surface area contributed by atoms with E-state index >= 15 is 0 Å². The van der Waals surface area contributed by atoms with Crippen molar-refractivity contribution in [1.29, 1.82) is 0 Å². The van der Waals surface area contributed by atoms with Crippen LogP contribution in [0.1, 0.15) is 11.1 Å². The second kappa shape index (κ2) is 5.54. The number of aryl methyl sites for hydroxylation is 2. The van der Waals surface area contributed by atoms with E-state index in [1.807, 2.05) is 0 Å². The Morgan fingerprint density at radius 3 is 2.70 bits per heavy atom. The van der Waals surface area contributed by atoms with E-state index in [0.717, 1.165) is 0 Å². The molecule has 3 N–H and O–H groups in total. The number of hydrazine groups is 1. The molecule has 1 aromatic heterocycles. The summed E-state index contributed by atoms with van der Waals surface area (Å²) >= 11 is 0. The lowest BCUT2D eigenvalue weighted by molar-refractivity contribution is -0.385. The maximum absolute atomic E-state index is 10.9. The number of nitro groups is 1. The van der Waals surface area contributed by atoms with Gasteiger partial charge in [0.1, 0.15) is 17.3 Å². The van der Waals surface area contributed by atoms with Crippen molar-refractivity contribution in [3.05, 3.63) is 51.7 Å². The predicted molar refractivity (Wildman–Crippen MR) is 74.7 cm³/mol. The van der Waals surface area contributed by atoms with Crippen molar-refractivity contribution in [2.75, 3.05) is 5.43 Å². The molecule has 0 fully saturated rings. The zero-order valence-corrected chi connectivity index (χ0v) is 11.1. The minimum Gasteiger partial charge on any atom is -0.457 e.